The second-order valence-corrected chi connectivity index (χ2v) is 5.53. The number of hydrogen-bond acceptors (Lipinski definition) is 3. The second kappa shape index (κ2) is 4.24. The van der Waals surface area contributed by atoms with E-state index in [1.807, 2.05) is 13.8 Å². The van der Waals surface area contributed by atoms with E-state index in [9.17, 15) is 14.7 Å². The first-order chi connectivity index (χ1) is 8.30. The maximum Gasteiger partial charge on any atom is 0.268 e. The largest absolute Gasteiger partial charge is 0.392 e. The molecule has 1 aliphatic rings. The quantitative estimate of drug-likeness (QED) is 0.717. The summed E-state index contributed by atoms with van der Waals surface area (Å²) in [5, 5.41) is 12.4. The zero-order valence-corrected chi connectivity index (χ0v) is 10.8. The Morgan fingerprint density at radius 2 is 2.17 bits per heavy atom. The number of rotatable bonds is 2. The number of carbonyl (C=O) groups is 1. The summed E-state index contributed by atoms with van der Waals surface area (Å²) >= 11 is 0. The molecule has 0 bridgehead atoms. The smallest absolute Gasteiger partial charge is 0.268 e. The third kappa shape index (κ3) is 2.18. The van der Waals surface area contributed by atoms with Crippen LogP contribution in [0.1, 0.15) is 36.3 Å². The van der Waals surface area contributed by atoms with Gasteiger partial charge in [0.05, 0.1) is 6.10 Å². The highest BCUT2D eigenvalue weighted by Crippen LogP contribution is 2.40. The summed E-state index contributed by atoms with van der Waals surface area (Å²) in [7, 11) is 0. The number of pyridine rings is 1. The van der Waals surface area contributed by atoms with Crippen molar-refractivity contribution in [1.29, 1.82) is 0 Å². The molecule has 1 saturated carbocycles. The van der Waals surface area contributed by atoms with Crippen molar-refractivity contribution < 1.29 is 9.90 Å². The number of hydrogen-bond donors (Lipinski definition) is 3. The number of H-pyrrole nitrogens is 1. The van der Waals surface area contributed by atoms with E-state index in [-0.39, 0.29) is 34.7 Å². The Morgan fingerprint density at radius 1 is 1.50 bits per heavy atom. The molecule has 2 atom stereocenters. The van der Waals surface area contributed by atoms with Crippen molar-refractivity contribution in [3.8, 4) is 0 Å². The summed E-state index contributed by atoms with van der Waals surface area (Å²) in [6, 6.07) is 3.01. The van der Waals surface area contributed by atoms with E-state index in [4.69, 9.17) is 0 Å². The van der Waals surface area contributed by atoms with Crippen molar-refractivity contribution in [3.05, 3.63) is 33.7 Å². The molecule has 3 N–H and O–H groups in total. The fourth-order valence-electron chi connectivity index (χ4n) is 2.19. The van der Waals surface area contributed by atoms with Crippen molar-refractivity contribution in [2.45, 2.75) is 39.3 Å². The van der Waals surface area contributed by atoms with E-state index >= 15 is 0 Å². The molecule has 0 aliphatic heterocycles. The summed E-state index contributed by atoms with van der Waals surface area (Å²) in [5.74, 6) is -0.305. The van der Waals surface area contributed by atoms with Crippen molar-refractivity contribution >= 4 is 5.91 Å². The molecule has 2 unspecified atom stereocenters. The SMILES string of the molecule is Cc1cc(C(=O)NC2CC(O)C2(C)C)[nH]c(=O)c1. The summed E-state index contributed by atoms with van der Waals surface area (Å²) < 4.78 is 0. The van der Waals surface area contributed by atoms with Gasteiger partial charge in [-0.1, -0.05) is 13.8 Å². The van der Waals surface area contributed by atoms with Crippen LogP contribution in [-0.2, 0) is 0 Å². The van der Waals surface area contributed by atoms with E-state index in [0.717, 1.165) is 5.56 Å². The molecule has 18 heavy (non-hydrogen) atoms. The van der Waals surface area contributed by atoms with Gasteiger partial charge >= 0.3 is 0 Å². The van der Waals surface area contributed by atoms with Gasteiger partial charge < -0.3 is 15.4 Å². The molecule has 0 radical (unpaired) electrons. The molecule has 0 spiro atoms. The van der Waals surface area contributed by atoms with Crippen LogP contribution in [0.4, 0.5) is 0 Å². The second-order valence-electron chi connectivity index (χ2n) is 5.53. The van der Waals surface area contributed by atoms with Gasteiger partial charge in [-0.25, -0.2) is 0 Å². The van der Waals surface area contributed by atoms with E-state index in [2.05, 4.69) is 10.3 Å². The Hall–Kier alpha value is -1.62. The number of amides is 1. The lowest BCUT2D eigenvalue weighted by molar-refractivity contribution is -0.0690. The predicted octanol–water partition coefficient (Wildman–Crippen LogP) is 0.573. The highest BCUT2D eigenvalue weighted by Gasteiger charge is 2.48. The molecule has 2 rings (SSSR count). The summed E-state index contributed by atoms with van der Waals surface area (Å²) in [4.78, 5) is 25.8. The third-order valence-electron chi connectivity index (χ3n) is 3.75. The van der Waals surface area contributed by atoms with Crippen molar-refractivity contribution in [2.24, 2.45) is 5.41 Å². The highest BCUT2D eigenvalue weighted by atomic mass is 16.3. The Balaban J connectivity index is 2.11. The molecule has 1 heterocycles. The van der Waals surface area contributed by atoms with Gasteiger partial charge in [0.1, 0.15) is 5.69 Å². The van der Waals surface area contributed by atoms with Crippen LogP contribution >= 0.6 is 0 Å². The Bertz CT molecular complexity index is 533. The predicted molar refractivity (Wildman–Crippen MR) is 67.5 cm³/mol. The van der Waals surface area contributed by atoms with Crippen LogP contribution < -0.4 is 10.9 Å². The Morgan fingerprint density at radius 3 is 2.67 bits per heavy atom. The molecule has 1 aromatic heterocycles. The molecule has 0 aromatic carbocycles. The van der Waals surface area contributed by atoms with Crippen LogP contribution in [0, 0.1) is 12.3 Å². The van der Waals surface area contributed by atoms with Gasteiger partial charge in [-0.3, -0.25) is 9.59 Å². The summed E-state index contributed by atoms with van der Waals surface area (Å²) in [6.45, 7) is 5.58. The van der Waals surface area contributed by atoms with Gasteiger partial charge in [0.15, 0.2) is 0 Å². The molecular weight excluding hydrogens is 232 g/mol. The maximum atomic E-state index is 12.0. The van der Waals surface area contributed by atoms with Gasteiger partial charge in [0, 0.05) is 17.5 Å². The molecule has 1 fully saturated rings. The minimum absolute atomic E-state index is 0.0657. The number of aryl methyl sites for hydroxylation is 1. The normalized spacial score (nSPS) is 25.3. The van der Waals surface area contributed by atoms with Crippen LogP contribution in [0.5, 0.6) is 0 Å². The molecule has 0 saturated heterocycles. The van der Waals surface area contributed by atoms with Crippen LogP contribution in [0.15, 0.2) is 16.9 Å². The van der Waals surface area contributed by atoms with Gasteiger partial charge in [0.25, 0.3) is 5.91 Å². The standard InChI is InChI=1S/C13H18N2O3/c1-7-4-8(14-11(17)5-7)12(18)15-9-6-10(16)13(9,2)3/h4-5,9-10,16H,6H2,1-3H3,(H,14,17)(H,15,18). The van der Waals surface area contributed by atoms with E-state index < -0.39 is 0 Å². The first kappa shape index (κ1) is 12.8. The molecule has 1 aromatic rings. The number of carbonyl (C=O) groups excluding carboxylic acids is 1. The fraction of sp³-hybridized carbons (Fsp3) is 0.538. The van der Waals surface area contributed by atoms with Gasteiger partial charge in [-0.2, -0.15) is 0 Å². The van der Waals surface area contributed by atoms with Crippen LogP contribution in [-0.4, -0.2) is 28.1 Å². The number of aliphatic hydroxyl groups is 1. The zero-order chi connectivity index (χ0) is 13.5. The third-order valence-corrected chi connectivity index (χ3v) is 3.75. The first-order valence-electron chi connectivity index (χ1n) is 6.00. The molecular formula is C13H18N2O3. The zero-order valence-electron chi connectivity index (χ0n) is 10.8. The molecule has 98 valence electrons. The van der Waals surface area contributed by atoms with Gasteiger partial charge in [-0.15, -0.1) is 0 Å². The van der Waals surface area contributed by atoms with Crippen LogP contribution in [0.3, 0.4) is 0 Å². The Kier molecular flexibility index (Phi) is 3.02. The molecule has 1 amide bonds. The topological polar surface area (TPSA) is 82.2 Å². The van der Waals surface area contributed by atoms with Crippen molar-refractivity contribution in [3.63, 3.8) is 0 Å². The molecule has 1 aliphatic carbocycles. The molecule has 5 heteroatoms. The number of aromatic amines is 1. The summed E-state index contributed by atoms with van der Waals surface area (Å²) in [5.41, 5.74) is 0.404. The van der Waals surface area contributed by atoms with Crippen molar-refractivity contribution in [2.75, 3.05) is 0 Å². The van der Waals surface area contributed by atoms with E-state index in [1.54, 1.807) is 13.0 Å². The van der Waals surface area contributed by atoms with Crippen LogP contribution in [0.25, 0.3) is 0 Å². The minimum atomic E-state index is -0.389. The van der Waals surface area contributed by atoms with Crippen LogP contribution in [0.2, 0.25) is 0 Å². The highest BCUT2D eigenvalue weighted by molar-refractivity contribution is 5.92. The number of nitrogens with one attached hydrogen (secondary N) is 2. The first-order valence-corrected chi connectivity index (χ1v) is 6.00. The van der Waals surface area contributed by atoms with Crippen molar-refractivity contribution in [1.82, 2.24) is 10.3 Å². The maximum absolute atomic E-state index is 12.0. The number of aliphatic hydroxyl groups excluding tert-OH is 1. The average Bonchev–Trinajstić information content (AvgIpc) is 2.27. The lowest BCUT2D eigenvalue weighted by Crippen LogP contribution is -2.61. The Labute approximate surface area is 105 Å². The minimum Gasteiger partial charge on any atom is -0.392 e. The average molecular weight is 250 g/mol. The van der Waals surface area contributed by atoms with Gasteiger partial charge in [0.2, 0.25) is 5.56 Å². The molecule has 5 nitrogen and oxygen atoms in total. The lowest BCUT2D eigenvalue weighted by Gasteiger charge is -2.49. The fourth-order valence-corrected chi connectivity index (χ4v) is 2.19. The van der Waals surface area contributed by atoms with E-state index in [1.165, 1.54) is 6.07 Å². The number of aromatic nitrogens is 1. The summed E-state index contributed by atoms with van der Waals surface area (Å²) in [6.07, 6.45) is 0.161. The van der Waals surface area contributed by atoms with E-state index in [0.29, 0.717) is 6.42 Å². The lowest BCUT2D eigenvalue weighted by atomic mass is 9.64. The van der Waals surface area contributed by atoms with Gasteiger partial charge in [-0.05, 0) is 25.0 Å². The monoisotopic (exact) mass is 250 g/mol.